The standard InChI is InChI=1S/C15H21ClO4S/c1-5-11-6-7-12(10-13(11)21(16,18)19)14(17)20-9-8-15(2,3)4/h6-7,10H,5,8-9H2,1-4H3. The molecule has 0 amide bonds. The van der Waals surface area contributed by atoms with Gasteiger partial charge in [-0.25, -0.2) is 13.2 Å². The van der Waals surface area contributed by atoms with E-state index in [-0.39, 0.29) is 15.9 Å². The van der Waals surface area contributed by atoms with Crippen LogP contribution in [0.25, 0.3) is 0 Å². The molecule has 0 heterocycles. The predicted molar refractivity (Wildman–Crippen MR) is 83.2 cm³/mol. The summed E-state index contributed by atoms with van der Waals surface area (Å²) < 4.78 is 28.3. The van der Waals surface area contributed by atoms with Crippen molar-refractivity contribution in [1.82, 2.24) is 0 Å². The third-order valence-corrected chi connectivity index (χ3v) is 4.44. The Balaban J connectivity index is 2.92. The van der Waals surface area contributed by atoms with Gasteiger partial charge in [0.25, 0.3) is 9.05 Å². The summed E-state index contributed by atoms with van der Waals surface area (Å²) in [7, 11) is 1.52. The van der Waals surface area contributed by atoms with Crippen molar-refractivity contribution in [3.05, 3.63) is 29.3 Å². The molecule has 0 saturated carbocycles. The smallest absolute Gasteiger partial charge is 0.338 e. The number of halogens is 1. The van der Waals surface area contributed by atoms with Gasteiger partial charge in [0.15, 0.2) is 0 Å². The van der Waals surface area contributed by atoms with Gasteiger partial charge in [0, 0.05) is 10.7 Å². The molecule has 4 nitrogen and oxygen atoms in total. The lowest BCUT2D eigenvalue weighted by atomic mass is 9.93. The number of rotatable bonds is 5. The Bertz CT molecular complexity index is 615. The number of benzene rings is 1. The molecule has 0 aliphatic carbocycles. The number of carbonyl (C=O) groups excluding carboxylic acids is 1. The SMILES string of the molecule is CCc1ccc(C(=O)OCCC(C)(C)C)cc1S(=O)(=O)Cl. The van der Waals surface area contributed by atoms with Gasteiger partial charge in [-0.05, 0) is 36.0 Å². The molecule has 1 aromatic rings. The lowest BCUT2D eigenvalue weighted by molar-refractivity contribution is 0.0464. The van der Waals surface area contributed by atoms with Crippen molar-refractivity contribution in [2.24, 2.45) is 5.41 Å². The Kier molecular flexibility index (Phi) is 5.82. The van der Waals surface area contributed by atoms with Crippen LogP contribution in [0.4, 0.5) is 0 Å². The van der Waals surface area contributed by atoms with Crippen molar-refractivity contribution in [3.63, 3.8) is 0 Å². The molecule has 0 spiro atoms. The molecule has 0 radical (unpaired) electrons. The lowest BCUT2D eigenvalue weighted by Crippen LogP contribution is -2.13. The summed E-state index contributed by atoms with van der Waals surface area (Å²) in [5.41, 5.74) is 0.841. The van der Waals surface area contributed by atoms with Gasteiger partial charge in [-0.15, -0.1) is 0 Å². The van der Waals surface area contributed by atoms with E-state index in [0.717, 1.165) is 6.42 Å². The minimum Gasteiger partial charge on any atom is -0.462 e. The van der Waals surface area contributed by atoms with Crippen LogP contribution in [-0.2, 0) is 20.2 Å². The summed E-state index contributed by atoms with van der Waals surface area (Å²) in [6.07, 6.45) is 1.24. The molecule has 0 atom stereocenters. The molecule has 1 aromatic carbocycles. The minimum atomic E-state index is -3.88. The summed E-state index contributed by atoms with van der Waals surface area (Å²) in [5.74, 6) is -0.538. The maximum Gasteiger partial charge on any atom is 0.338 e. The summed E-state index contributed by atoms with van der Waals surface area (Å²) in [4.78, 5) is 11.9. The second kappa shape index (κ2) is 6.79. The Hall–Kier alpha value is -1.07. The number of aryl methyl sites for hydroxylation is 1. The second-order valence-electron chi connectivity index (χ2n) is 6.06. The predicted octanol–water partition coefficient (Wildman–Crippen LogP) is 3.77. The monoisotopic (exact) mass is 332 g/mol. The van der Waals surface area contributed by atoms with E-state index in [1.165, 1.54) is 6.07 Å². The van der Waals surface area contributed by atoms with Gasteiger partial charge >= 0.3 is 5.97 Å². The van der Waals surface area contributed by atoms with E-state index < -0.39 is 15.0 Å². The fourth-order valence-corrected chi connectivity index (χ4v) is 2.96. The van der Waals surface area contributed by atoms with Crippen LogP contribution in [-0.4, -0.2) is 21.0 Å². The van der Waals surface area contributed by atoms with E-state index in [2.05, 4.69) is 20.8 Å². The molecular formula is C15H21ClO4S. The van der Waals surface area contributed by atoms with Gasteiger partial charge in [0.1, 0.15) is 0 Å². The van der Waals surface area contributed by atoms with Crippen LogP contribution in [0.3, 0.4) is 0 Å². The number of carbonyl (C=O) groups is 1. The fourth-order valence-electron chi connectivity index (χ4n) is 1.73. The van der Waals surface area contributed by atoms with Crippen LogP contribution in [0.5, 0.6) is 0 Å². The van der Waals surface area contributed by atoms with Gasteiger partial charge in [0.2, 0.25) is 0 Å². The van der Waals surface area contributed by atoms with Crippen molar-refractivity contribution >= 4 is 25.7 Å². The zero-order chi connectivity index (χ0) is 16.3. The number of hydrogen-bond acceptors (Lipinski definition) is 4. The highest BCUT2D eigenvalue weighted by Crippen LogP contribution is 2.23. The molecule has 0 N–H and O–H groups in total. The van der Waals surface area contributed by atoms with Gasteiger partial charge in [-0.3, -0.25) is 0 Å². The molecule has 1 rings (SSSR count). The quantitative estimate of drug-likeness (QED) is 0.608. The van der Waals surface area contributed by atoms with E-state index >= 15 is 0 Å². The molecule has 0 saturated heterocycles. The average Bonchev–Trinajstić information content (AvgIpc) is 2.35. The van der Waals surface area contributed by atoms with Crippen molar-refractivity contribution in [2.45, 2.75) is 45.4 Å². The zero-order valence-electron chi connectivity index (χ0n) is 12.8. The summed E-state index contributed by atoms with van der Waals surface area (Å²) in [6, 6.07) is 4.43. The van der Waals surface area contributed by atoms with E-state index in [1.54, 1.807) is 12.1 Å². The Morgan fingerprint density at radius 3 is 2.38 bits per heavy atom. The van der Waals surface area contributed by atoms with Crippen LogP contribution < -0.4 is 0 Å². The normalized spacial score (nSPS) is 12.2. The molecule has 0 aromatic heterocycles. The number of esters is 1. The van der Waals surface area contributed by atoms with Crippen LogP contribution in [0.15, 0.2) is 23.1 Å². The molecule has 0 bridgehead atoms. The summed E-state index contributed by atoms with van der Waals surface area (Å²) in [5, 5.41) is 0. The minimum absolute atomic E-state index is 0.0306. The first-order valence-corrected chi connectivity index (χ1v) is 9.10. The van der Waals surface area contributed by atoms with Gasteiger partial charge < -0.3 is 4.74 Å². The average molecular weight is 333 g/mol. The second-order valence-corrected chi connectivity index (χ2v) is 8.59. The summed E-state index contributed by atoms with van der Waals surface area (Å²) in [6.45, 7) is 8.27. The van der Waals surface area contributed by atoms with Crippen molar-refractivity contribution in [2.75, 3.05) is 6.61 Å². The first-order chi connectivity index (χ1) is 9.54. The maximum absolute atomic E-state index is 11.9. The van der Waals surface area contributed by atoms with Crippen molar-refractivity contribution in [1.29, 1.82) is 0 Å². The third kappa shape index (κ3) is 5.67. The largest absolute Gasteiger partial charge is 0.462 e. The van der Waals surface area contributed by atoms with Crippen LogP contribution >= 0.6 is 10.7 Å². The van der Waals surface area contributed by atoms with E-state index in [9.17, 15) is 13.2 Å². The molecule has 0 aliphatic heterocycles. The van der Waals surface area contributed by atoms with E-state index in [0.29, 0.717) is 18.6 Å². The highest BCUT2D eigenvalue weighted by molar-refractivity contribution is 8.13. The molecule has 0 fully saturated rings. The van der Waals surface area contributed by atoms with Gasteiger partial charge in [-0.2, -0.15) is 0 Å². The Morgan fingerprint density at radius 1 is 1.29 bits per heavy atom. The molecule has 0 unspecified atom stereocenters. The first kappa shape index (κ1) is 18.0. The molecule has 118 valence electrons. The fraction of sp³-hybridized carbons (Fsp3) is 0.533. The van der Waals surface area contributed by atoms with E-state index in [1.807, 2.05) is 6.92 Å². The third-order valence-electron chi connectivity index (χ3n) is 3.03. The van der Waals surface area contributed by atoms with Gasteiger partial charge in [0.05, 0.1) is 17.1 Å². The maximum atomic E-state index is 11.9. The van der Waals surface area contributed by atoms with Crippen molar-refractivity contribution in [3.8, 4) is 0 Å². The molecule has 6 heteroatoms. The number of ether oxygens (including phenoxy) is 1. The van der Waals surface area contributed by atoms with E-state index in [4.69, 9.17) is 15.4 Å². The van der Waals surface area contributed by atoms with Crippen LogP contribution in [0.1, 0.15) is 50.0 Å². The number of hydrogen-bond donors (Lipinski definition) is 0. The Labute approximate surface area is 130 Å². The molecule has 0 aliphatic rings. The lowest BCUT2D eigenvalue weighted by Gasteiger charge is -2.17. The Morgan fingerprint density at radius 2 is 1.90 bits per heavy atom. The topological polar surface area (TPSA) is 60.4 Å². The molecule has 21 heavy (non-hydrogen) atoms. The van der Waals surface area contributed by atoms with Gasteiger partial charge in [-0.1, -0.05) is 33.8 Å². The zero-order valence-corrected chi connectivity index (χ0v) is 14.3. The first-order valence-electron chi connectivity index (χ1n) is 6.79. The highest BCUT2D eigenvalue weighted by atomic mass is 35.7. The molecular weight excluding hydrogens is 312 g/mol. The van der Waals surface area contributed by atoms with Crippen LogP contribution in [0, 0.1) is 5.41 Å². The highest BCUT2D eigenvalue weighted by Gasteiger charge is 2.19. The summed E-state index contributed by atoms with van der Waals surface area (Å²) >= 11 is 0. The van der Waals surface area contributed by atoms with Crippen molar-refractivity contribution < 1.29 is 17.9 Å². The van der Waals surface area contributed by atoms with Crippen LogP contribution in [0.2, 0.25) is 0 Å².